The van der Waals surface area contributed by atoms with Crippen LogP contribution >= 0.6 is 0 Å². The molecule has 1 aliphatic heterocycles. The van der Waals surface area contributed by atoms with Crippen LogP contribution in [0.2, 0.25) is 0 Å². The van der Waals surface area contributed by atoms with E-state index in [0.29, 0.717) is 5.92 Å². The van der Waals surface area contributed by atoms with Gasteiger partial charge in [0.1, 0.15) is 5.75 Å². The Kier molecular flexibility index (Phi) is 6.11. The summed E-state index contributed by atoms with van der Waals surface area (Å²) in [6, 6.07) is 16.1. The summed E-state index contributed by atoms with van der Waals surface area (Å²) in [5.74, 6) is 7.52. The molecule has 0 bridgehead atoms. The Bertz CT molecular complexity index is 715. The molecule has 3 rings (SSSR count). The molecular weight excluding hydrogens is 312 g/mol. The van der Waals surface area contributed by atoms with Gasteiger partial charge in [-0.05, 0) is 48.4 Å². The molecule has 3 heteroatoms. The van der Waals surface area contributed by atoms with Gasteiger partial charge in [0.05, 0.1) is 20.3 Å². The molecule has 0 radical (unpaired) electrons. The van der Waals surface area contributed by atoms with Crippen LogP contribution in [0.4, 0.5) is 0 Å². The van der Waals surface area contributed by atoms with Crippen LogP contribution < -0.4 is 4.74 Å². The summed E-state index contributed by atoms with van der Waals surface area (Å²) in [6.07, 6.45) is 2.01. The maximum atomic E-state index is 5.78. The third-order valence-corrected chi connectivity index (χ3v) is 4.31. The van der Waals surface area contributed by atoms with E-state index >= 15 is 0 Å². The van der Waals surface area contributed by atoms with Crippen molar-refractivity contribution in [1.82, 2.24) is 0 Å². The molecule has 0 spiro atoms. The standard InChI is InChI=1S/C22H24O3/c1-3-4-22-24-15-20(16-25-22)19-11-7-17(8-12-19)5-6-18-9-13-21(23-2)14-10-18/h7-14,20,22H,3-4,15-16H2,1-2H3. The molecule has 0 aliphatic carbocycles. The van der Waals surface area contributed by atoms with Crippen molar-refractivity contribution in [2.75, 3.05) is 20.3 Å². The van der Waals surface area contributed by atoms with Crippen LogP contribution in [0.1, 0.15) is 42.4 Å². The van der Waals surface area contributed by atoms with Gasteiger partial charge in [-0.2, -0.15) is 0 Å². The smallest absolute Gasteiger partial charge is 0.157 e. The fourth-order valence-electron chi connectivity index (χ4n) is 2.80. The van der Waals surface area contributed by atoms with Gasteiger partial charge in [0, 0.05) is 17.0 Å². The largest absolute Gasteiger partial charge is 0.497 e. The van der Waals surface area contributed by atoms with Gasteiger partial charge in [0.15, 0.2) is 6.29 Å². The van der Waals surface area contributed by atoms with E-state index in [1.165, 1.54) is 5.56 Å². The maximum Gasteiger partial charge on any atom is 0.157 e. The number of hydrogen-bond donors (Lipinski definition) is 0. The van der Waals surface area contributed by atoms with Gasteiger partial charge in [-0.1, -0.05) is 37.3 Å². The highest BCUT2D eigenvalue weighted by atomic mass is 16.7. The Balaban J connectivity index is 1.60. The molecule has 0 aromatic heterocycles. The molecule has 2 aromatic rings. The number of hydrogen-bond acceptors (Lipinski definition) is 3. The Morgan fingerprint density at radius 3 is 2.00 bits per heavy atom. The molecule has 0 saturated carbocycles. The second-order valence-electron chi connectivity index (χ2n) is 6.18. The first kappa shape index (κ1) is 17.5. The van der Waals surface area contributed by atoms with Gasteiger partial charge in [-0.25, -0.2) is 0 Å². The zero-order valence-electron chi connectivity index (χ0n) is 14.8. The Labute approximate surface area is 149 Å². The zero-order chi connectivity index (χ0) is 17.5. The highest BCUT2D eigenvalue weighted by molar-refractivity contribution is 5.45. The number of rotatable bonds is 4. The summed E-state index contributed by atoms with van der Waals surface area (Å²) in [7, 11) is 1.66. The lowest BCUT2D eigenvalue weighted by Gasteiger charge is -2.29. The third-order valence-electron chi connectivity index (χ3n) is 4.31. The van der Waals surface area contributed by atoms with Crippen molar-refractivity contribution in [3.8, 4) is 17.6 Å². The van der Waals surface area contributed by atoms with E-state index in [0.717, 1.165) is 42.9 Å². The minimum Gasteiger partial charge on any atom is -0.497 e. The van der Waals surface area contributed by atoms with Crippen molar-refractivity contribution >= 4 is 0 Å². The van der Waals surface area contributed by atoms with Crippen LogP contribution in [0.3, 0.4) is 0 Å². The molecule has 0 atom stereocenters. The predicted molar refractivity (Wildman–Crippen MR) is 98.8 cm³/mol. The van der Waals surface area contributed by atoms with E-state index in [4.69, 9.17) is 14.2 Å². The molecule has 1 heterocycles. The SMILES string of the molecule is CCCC1OCC(c2ccc(C#Cc3ccc(OC)cc3)cc2)CO1. The van der Waals surface area contributed by atoms with Gasteiger partial charge >= 0.3 is 0 Å². The van der Waals surface area contributed by atoms with Crippen LogP contribution in [0.25, 0.3) is 0 Å². The van der Waals surface area contributed by atoms with E-state index in [-0.39, 0.29) is 6.29 Å². The fraction of sp³-hybridized carbons (Fsp3) is 0.364. The van der Waals surface area contributed by atoms with E-state index in [1.807, 2.05) is 24.3 Å². The summed E-state index contributed by atoms with van der Waals surface area (Å²) in [5.41, 5.74) is 3.21. The van der Waals surface area contributed by atoms with Gasteiger partial charge in [0.2, 0.25) is 0 Å². The number of benzene rings is 2. The lowest BCUT2D eigenvalue weighted by Crippen LogP contribution is -2.30. The average molecular weight is 336 g/mol. The topological polar surface area (TPSA) is 27.7 Å². The molecule has 1 saturated heterocycles. The van der Waals surface area contributed by atoms with Crippen LogP contribution in [-0.4, -0.2) is 26.6 Å². The van der Waals surface area contributed by atoms with E-state index in [2.05, 4.69) is 43.0 Å². The fourth-order valence-corrected chi connectivity index (χ4v) is 2.80. The predicted octanol–water partition coefficient (Wildman–Crippen LogP) is 4.35. The minimum atomic E-state index is -0.0316. The molecular formula is C22H24O3. The number of methoxy groups -OCH3 is 1. The second kappa shape index (κ2) is 8.71. The second-order valence-corrected chi connectivity index (χ2v) is 6.18. The van der Waals surface area contributed by atoms with E-state index in [9.17, 15) is 0 Å². The van der Waals surface area contributed by atoms with Crippen molar-refractivity contribution in [1.29, 1.82) is 0 Å². The molecule has 1 fully saturated rings. The highest BCUT2D eigenvalue weighted by Gasteiger charge is 2.22. The van der Waals surface area contributed by atoms with Gasteiger partial charge in [-0.15, -0.1) is 0 Å². The van der Waals surface area contributed by atoms with Crippen LogP contribution in [-0.2, 0) is 9.47 Å². The third kappa shape index (κ3) is 4.85. The van der Waals surface area contributed by atoms with Crippen molar-refractivity contribution < 1.29 is 14.2 Å². The van der Waals surface area contributed by atoms with Crippen molar-refractivity contribution in [3.63, 3.8) is 0 Å². The molecule has 3 nitrogen and oxygen atoms in total. The summed E-state index contributed by atoms with van der Waals surface area (Å²) in [5, 5.41) is 0. The average Bonchev–Trinajstić information content (AvgIpc) is 2.68. The molecule has 0 N–H and O–H groups in total. The zero-order valence-corrected chi connectivity index (χ0v) is 14.8. The Hall–Kier alpha value is -2.28. The summed E-state index contributed by atoms with van der Waals surface area (Å²) >= 11 is 0. The summed E-state index contributed by atoms with van der Waals surface area (Å²) in [6.45, 7) is 3.59. The lowest BCUT2D eigenvalue weighted by atomic mass is 9.99. The first-order valence-corrected chi connectivity index (χ1v) is 8.77. The van der Waals surface area contributed by atoms with Crippen LogP contribution in [0, 0.1) is 11.8 Å². The quantitative estimate of drug-likeness (QED) is 0.777. The van der Waals surface area contributed by atoms with Crippen LogP contribution in [0.5, 0.6) is 5.75 Å². The first-order chi connectivity index (χ1) is 12.3. The van der Waals surface area contributed by atoms with E-state index < -0.39 is 0 Å². The first-order valence-electron chi connectivity index (χ1n) is 8.77. The monoisotopic (exact) mass is 336 g/mol. The van der Waals surface area contributed by atoms with Gasteiger partial charge in [-0.3, -0.25) is 0 Å². The molecule has 0 unspecified atom stereocenters. The van der Waals surface area contributed by atoms with Crippen molar-refractivity contribution in [3.05, 3.63) is 65.2 Å². The van der Waals surface area contributed by atoms with Gasteiger partial charge < -0.3 is 14.2 Å². The Morgan fingerprint density at radius 1 is 0.920 bits per heavy atom. The van der Waals surface area contributed by atoms with E-state index in [1.54, 1.807) is 7.11 Å². The maximum absolute atomic E-state index is 5.78. The molecule has 0 amide bonds. The number of ether oxygens (including phenoxy) is 3. The molecule has 25 heavy (non-hydrogen) atoms. The summed E-state index contributed by atoms with van der Waals surface area (Å²) < 4.78 is 16.7. The molecule has 1 aliphatic rings. The normalized spacial score (nSPS) is 19.8. The lowest BCUT2D eigenvalue weighted by molar-refractivity contribution is -0.189. The van der Waals surface area contributed by atoms with Crippen molar-refractivity contribution in [2.24, 2.45) is 0 Å². The molecule has 2 aromatic carbocycles. The Morgan fingerprint density at radius 2 is 1.48 bits per heavy atom. The van der Waals surface area contributed by atoms with Crippen molar-refractivity contribution in [2.45, 2.75) is 32.0 Å². The highest BCUT2D eigenvalue weighted by Crippen LogP contribution is 2.24. The summed E-state index contributed by atoms with van der Waals surface area (Å²) in [4.78, 5) is 0. The van der Waals surface area contributed by atoms with Gasteiger partial charge in [0.25, 0.3) is 0 Å². The molecule has 130 valence electrons. The minimum absolute atomic E-state index is 0.0316. The van der Waals surface area contributed by atoms with Crippen LogP contribution in [0.15, 0.2) is 48.5 Å².